The molecule has 4 rings (SSSR count). The number of primary amides is 1. The molecule has 3 fully saturated rings. The van der Waals surface area contributed by atoms with E-state index in [1.807, 2.05) is 6.07 Å². The van der Waals surface area contributed by atoms with Gasteiger partial charge in [-0.25, -0.2) is 9.18 Å². The number of hydrogen-bond donors (Lipinski definition) is 2. The Bertz CT molecular complexity index is 716. The highest BCUT2D eigenvalue weighted by molar-refractivity contribution is 5.99. The number of amides is 3. The van der Waals surface area contributed by atoms with Crippen molar-refractivity contribution in [3.63, 3.8) is 0 Å². The van der Waals surface area contributed by atoms with Gasteiger partial charge in [0.25, 0.3) is 0 Å². The zero-order chi connectivity index (χ0) is 18.3. The van der Waals surface area contributed by atoms with Crippen molar-refractivity contribution in [3.05, 3.63) is 24.0 Å². The number of nitrogens with one attached hydrogen (secondary N) is 1. The fourth-order valence-electron chi connectivity index (χ4n) is 4.16. The maximum Gasteiger partial charge on any atom is 0.312 e. The number of urea groups is 1. The van der Waals surface area contributed by atoms with E-state index >= 15 is 0 Å². The first-order valence-electron chi connectivity index (χ1n) is 9.08. The molecule has 0 spiro atoms. The Balaban J connectivity index is 1.52. The van der Waals surface area contributed by atoms with Gasteiger partial charge < -0.3 is 25.6 Å². The summed E-state index contributed by atoms with van der Waals surface area (Å²) in [6.45, 7) is 1.96. The summed E-state index contributed by atoms with van der Waals surface area (Å²) in [4.78, 5) is 27.2. The number of nitrogens with zero attached hydrogens (tertiary/aromatic N) is 2. The number of rotatable bonds is 3. The number of anilines is 2. The number of hydrogen-bond acceptors (Lipinski definition) is 4. The lowest BCUT2D eigenvalue weighted by Gasteiger charge is -2.35. The Hall–Kier alpha value is -2.35. The topological polar surface area (TPSA) is 87.9 Å². The molecule has 0 aliphatic carbocycles. The van der Waals surface area contributed by atoms with E-state index in [9.17, 15) is 14.0 Å². The molecule has 3 heterocycles. The molecule has 3 amide bonds. The van der Waals surface area contributed by atoms with Gasteiger partial charge in [-0.3, -0.25) is 4.79 Å². The fourth-order valence-corrected chi connectivity index (χ4v) is 4.16. The summed E-state index contributed by atoms with van der Waals surface area (Å²) >= 11 is 0. The van der Waals surface area contributed by atoms with E-state index in [2.05, 4.69) is 10.2 Å². The molecule has 3 atom stereocenters. The summed E-state index contributed by atoms with van der Waals surface area (Å²) in [6.07, 6.45) is 3.73. The van der Waals surface area contributed by atoms with Gasteiger partial charge >= 0.3 is 6.03 Å². The van der Waals surface area contributed by atoms with Crippen LogP contribution in [0.15, 0.2) is 18.2 Å². The lowest BCUT2D eigenvalue weighted by molar-refractivity contribution is -0.121. The van der Waals surface area contributed by atoms with Gasteiger partial charge in [-0.15, -0.1) is 0 Å². The van der Waals surface area contributed by atoms with Crippen molar-refractivity contribution in [1.82, 2.24) is 5.32 Å². The molecule has 26 heavy (non-hydrogen) atoms. The van der Waals surface area contributed by atoms with E-state index < -0.39 is 17.9 Å². The molecule has 3 N–H and O–H groups in total. The van der Waals surface area contributed by atoms with Crippen LogP contribution in [0.25, 0.3) is 0 Å². The lowest BCUT2D eigenvalue weighted by Crippen LogP contribution is -2.53. The number of ether oxygens (including phenoxy) is 1. The van der Waals surface area contributed by atoms with E-state index in [4.69, 9.17) is 10.5 Å². The quantitative estimate of drug-likeness (QED) is 0.850. The second kappa shape index (κ2) is 6.75. The molecule has 0 aromatic heterocycles. The predicted molar refractivity (Wildman–Crippen MR) is 94.6 cm³/mol. The number of piperidine rings is 1. The van der Waals surface area contributed by atoms with Crippen LogP contribution in [0.1, 0.15) is 25.7 Å². The molecule has 3 saturated heterocycles. The van der Waals surface area contributed by atoms with Crippen LogP contribution >= 0.6 is 0 Å². The number of halogens is 1. The van der Waals surface area contributed by atoms with Crippen LogP contribution in [0.2, 0.25) is 0 Å². The fraction of sp³-hybridized carbons (Fsp3) is 0.556. The Kier molecular flexibility index (Phi) is 4.44. The number of morpholine rings is 1. The zero-order valence-corrected chi connectivity index (χ0v) is 14.5. The van der Waals surface area contributed by atoms with Crippen molar-refractivity contribution >= 4 is 23.3 Å². The molecule has 3 aliphatic rings. The Labute approximate surface area is 151 Å². The summed E-state index contributed by atoms with van der Waals surface area (Å²) < 4.78 is 20.6. The molecule has 3 aliphatic heterocycles. The van der Waals surface area contributed by atoms with Crippen molar-refractivity contribution in [2.24, 2.45) is 5.73 Å². The minimum atomic E-state index is -0.747. The first kappa shape index (κ1) is 17.1. The van der Waals surface area contributed by atoms with Crippen molar-refractivity contribution in [2.75, 3.05) is 29.4 Å². The summed E-state index contributed by atoms with van der Waals surface area (Å²) in [7, 11) is 0. The van der Waals surface area contributed by atoms with Gasteiger partial charge in [-0.05, 0) is 43.9 Å². The highest BCUT2D eigenvalue weighted by atomic mass is 19.1. The first-order chi connectivity index (χ1) is 12.5. The number of nitrogens with two attached hydrogens (primary N) is 1. The normalized spacial score (nSPS) is 28.3. The van der Waals surface area contributed by atoms with Crippen molar-refractivity contribution in [2.45, 2.75) is 43.9 Å². The van der Waals surface area contributed by atoms with Crippen molar-refractivity contribution in [3.8, 4) is 0 Å². The number of benzene rings is 1. The molecular weight excluding hydrogens is 339 g/mol. The summed E-state index contributed by atoms with van der Waals surface area (Å²) in [5, 5.41) is 2.43. The van der Waals surface area contributed by atoms with Gasteiger partial charge in [-0.1, -0.05) is 0 Å². The van der Waals surface area contributed by atoms with Gasteiger partial charge in [0.05, 0.1) is 17.9 Å². The molecule has 7 nitrogen and oxygen atoms in total. The second-order valence-corrected chi connectivity index (χ2v) is 7.19. The van der Waals surface area contributed by atoms with E-state index in [1.54, 1.807) is 6.07 Å². The van der Waals surface area contributed by atoms with Gasteiger partial charge in [-0.2, -0.15) is 0 Å². The van der Waals surface area contributed by atoms with E-state index in [-0.39, 0.29) is 23.8 Å². The third kappa shape index (κ3) is 3.21. The van der Waals surface area contributed by atoms with Crippen LogP contribution in [-0.4, -0.2) is 49.8 Å². The van der Waals surface area contributed by atoms with Gasteiger partial charge in [0, 0.05) is 25.3 Å². The average molecular weight is 362 g/mol. The SMILES string of the molecule is NC(=O)N[C@@H]1CCCN(c2ccc(N3C[C@H]4CC[C@@H](C3)O4)cc2F)C1=O. The van der Waals surface area contributed by atoms with Gasteiger partial charge in [0.15, 0.2) is 0 Å². The molecule has 0 unspecified atom stereocenters. The van der Waals surface area contributed by atoms with E-state index in [0.29, 0.717) is 19.4 Å². The van der Waals surface area contributed by atoms with Crippen LogP contribution < -0.4 is 20.9 Å². The van der Waals surface area contributed by atoms with Gasteiger partial charge in [0.1, 0.15) is 11.9 Å². The Morgan fingerprint density at radius 3 is 2.62 bits per heavy atom. The Morgan fingerprint density at radius 1 is 1.23 bits per heavy atom. The molecule has 140 valence electrons. The third-order valence-corrected chi connectivity index (χ3v) is 5.39. The summed E-state index contributed by atoms with van der Waals surface area (Å²) in [6, 6.07) is 3.53. The minimum absolute atomic E-state index is 0.223. The molecule has 0 radical (unpaired) electrons. The van der Waals surface area contributed by atoms with Crippen molar-refractivity contribution in [1.29, 1.82) is 0 Å². The van der Waals surface area contributed by atoms with Crippen molar-refractivity contribution < 1.29 is 18.7 Å². The molecule has 8 heteroatoms. The summed E-state index contributed by atoms with van der Waals surface area (Å²) in [5.74, 6) is -0.763. The van der Waals surface area contributed by atoms with Crippen LogP contribution in [-0.2, 0) is 9.53 Å². The number of carbonyl (C=O) groups is 2. The zero-order valence-electron chi connectivity index (χ0n) is 14.5. The highest BCUT2D eigenvalue weighted by Gasteiger charge is 2.35. The monoisotopic (exact) mass is 362 g/mol. The minimum Gasteiger partial charge on any atom is -0.371 e. The standard InChI is InChI=1S/C18H23FN4O3/c19-14-8-11(22-9-12-4-5-13(10-22)26-12)3-6-16(14)23-7-1-2-15(17(23)24)21-18(20)25/h3,6,8,12-13,15H,1-2,4-5,7,9-10H2,(H3,20,21,25)/t12-,13+,15-/m1/s1. The average Bonchev–Trinajstić information content (AvgIpc) is 2.94. The van der Waals surface area contributed by atoms with Crippen LogP contribution in [0, 0.1) is 5.82 Å². The maximum absolute atomic E-state index is 14.8. The number of fused-ring (bicyclic) bond motifs is 2. The smallest absolute Gasteiger partial charge is 0.312 e. The summed E-state index contributed by atoms with van der Waals surface area (Å²) in [5.41, 5.74) is 6.17. The Morgan fingerprint density at radius 2 is 1.96 bits per heavy atom. The highest BCUT2D eigenvalue weighted by Crippen LogP contribution is 2.32. The molecule has 2 bridgehead atoms. The molecule has 1 aromatic carbocycles. The molecule has 1 aromatic rings. The first-order valence-corrected chi connectivity index (χ1v) is 9.08. The maximum atomic E-state index is 14.8. The second-order valence-electron chi connectivity index (χ2n) is 7.19. The molecular formula is C18H23FN4O3. The van der Waals surface area contributed by atoms with Crippen LogP contribution in [0.5, 0.6) is 0 Å². The third-order valence-electron chi connectivity index (χ3n) is 5.39. The molecule has 0 saturated carbocycles. The van der Waals surface area contributed by atoms with E-state index in [1.165, 1.54) is 11.0 Å². The van der Waals surface area contributed by atoms with Gasteiger partial charge in [0.2, 0.25) is 5.91 Å². The number of carbonyl (C=O) groups excluding carboxylic acids is 2. The van der Waals surface area contributed by atoms with Crippen LogP contribution in [0.4, 0.5) is 20.6 Å². The lowest BCUT2D eigenvalue weighted by atomic mass is 10.0. The predicted octanol–water partition coefficient (Wildman–Crippen LogP) is 1.36. The van der Waals surface area contributed by atoms with Crippen LogP contribution in [0.3, 0.4) is 0 Å². The largest absolute Gasteiger partial charge is 0.371 e. The van der Waals surface area contributed by atoms with E-state index in [0.717, 1.165) is 31.6 Å².